The Morgan fingerprint density at radius 3 is 1.25 bits per heavy atom. The number of fused-ring (bicyclic) bond motifs is 1. The van der Waals surface area contributed by atoms with E-state index in [4.69, 9.17) is 33.5 Å². The van der Waals surface area contributed by atoms with Crippen LogP contribution in [0.2, 0.25) is 0 Å². The number of rotatable bonds is 53. The zero-order valence-corrected chi connectivity index (χ0v) is 64.8. The summed E-state index contributed by atoms with van der Waals surface area (Å²) in [6, 6.07) is 24.1. The Hall–Kier alpha value is -12.9. The van der Waals surface area contributed by atoms with Gasteiger partial charge in [-0.1, -0.05) is 137 Å². The molecular formula is C76H98N18O20S2. The first-order valence-corrected chi connectivity index (χ1v) is 39.2. The highest BCUT2D eigenvalue weighted by Crippen LogP contribution is 2.21. The number of phenols is 1. The second kappa shape index (κ2) is 50.3. The number of carbonyl (C=O) groups is 17. The molecule has 0 aliphatic heterocycles. The summed E-state index contributed by atoms with van der Waals surface area (Å²) < 4.78 is 0. The molecule has 0 fully saturated rings. The van der Waals surface area contributed by atoms with Gasteiger partial charge in [-0.3, -0.25) is 82.1 Å². The summed E-state index contributed by atoms with van der Waals surface area (Å²) in [5.74, 6) is -16.0. The molecule has 0 heterocycles. The van der Waals surface area contributed by atoms with Gasteiger partial charge < -0.3 is 107 Å². The van der Waals surface area contributed by atoms with Crippen molar-refractivity contribution in [3.05, 3.63) is 150 Å². The SMILES string of the molecule is N=C(N)NCCC[C@H](NC(=O)[C@H](CCC(N)=O)NC(=O)[C@H](CCC(N)=O)NC(=O)CCC(=O)NCCSSCCNC(=O)[C@H](CCC(N)=O)NC(=O)[C@H](Cc1ccc(O)cc1)NC(=O)[C@H](Cc1ccccc1)NC(=O)[C@H](Cc1ccccc1)NC(=O)CNC(=O)Cc1ccc2ccccc2c1)C(=O)NCC(=O)N[C@@H](CC(=O)O)C(=O)O. The fourth-order valence-corrected chi connectivity index (χ4v) is 13.0. The third-order valence-electron chi connectivity index (χ3n) is 17.1. The van der Waals surface area contributed by atoms with Crippen LogP contribution in [0.1, 0.15) is 92.9 Å². The summed E-state index contributed by atoms with van der Waals surface area (Å²) in [7, 11) is 2.57. The number of hydrogen-bond donors (Lipinski definition) is 21. The first-order chi connectivity index (χ1) is 55.3. The van der Waals surface area contributed by atoms with E-state index in [0.717, 1.165) is 10.8 Å². The first-order valence-electron chi connectivity index (χ1n) is 36.7. The van der Waals surface area contributed by atoms with Crippen LogP contribution in [0.3, 0.4) is 0 Å². The number of phenolic OH excluding ortho intramolecular Hbond substituents is 1. The van der Waals surface area contributed by atoms with Gasteiger partial charge in [-0.05, 0) is 77.3 Å². The van der Waals surface area contributed by atoms with E-state index >= 15 is 0 Å². The van der Waals surface area contributed by atoms with Crippen molar-refractivity contribution in [3.8, 4) is 5.75 Å². The molecular weight excluding hydrogens is 1550 g/mol. The normalized spacial score (nSPS) is 12.9. The fourth-order valence-electron chi connectivity index (χ4n) is 11.2. The van der Waals surface area contributed by atoms with E-state index in [2.05, 4.69) is 63.8 Å². The van der Waals surface area contributed by atoms with Gasteiger partial charge in [-0.15, -0.1) is 0 Å². The molecule has 0 spiro atoms. The number of carboxylic acid groups (broad SMARTS) is 2. The minimum Gasteiger partial charge on any atom is -0.508 e. The van der Waals surface area contributed by atoms with Gasteiger partial charge in [0.1, 0.15) is 54.1 Å². The number of nitrogens with two attached hydrogens (primary N) is 4. The molecule has 0 radical (unpaired) electrons. The van der Waals surface area contributed by atoms with E-state index in [9.17, 15) is 91.7 Å². The molecule has 116 heavy (non-hydrogen) atoms. The summed E-state index contributed by atoms with van der Waals surface area (Å²) in [5.41, 5.74) is 23.9. The van der Waals surface area contributed by atoms with Gasteiger partial charge in [0, 0.05) is 82.5 Å². The van der Waals surface area contributed by atoms with Crippen LogP contribution in [0.4, 0.5) is 0 Å². The van der Waals surface area contributed by atoms with E-state index in [-0.39, 0.29) is 82.5 Å². The zero-order valence-electron chi connectivity index (χ0n) is 63.2. The third kappa shape index (κ3) is 37.2. The molecule has 40 heteroatoms. The molecule has 0 unspecified atom stereocenters. The predicted molar refractivity (Wildman–Crippen MR) is 426 cm³/mol. The maximum absolute atomic E-state index is 14.8. The molecule has 0 aliphatic carbocycles. The van der Waals surface area contributed by atoms with Crippen molar-refractivity contribution < 1.29 is 96.8 Å². The summed E-state index contributed by atoms with van der Waals surface area (Å²) in [4.78, 5) is 223. The number of guanidine groups is 1. The summed E-state index contributed by atoms with van der Waals surface area (Å²) in [6.45, 7) is -1.27. The second-order valence-electron chi connectivity index (χ2n) is 26.5. The van der Waals surface area contributed by atoms with Gasteiger partial charge in [-0.2, -0.15) is 0 Å². The number of aromatic hydroxyl groups is 1. The predicted octanol–water partition coefficient (Wildman–Crippen LogP) is -3.06. The molecule has 5 aromatic carbocycles. The lowest BCUT2D eigenvalue weighted by Gasteiger charge is -2.27. The van der Waals surface area contributed by atoms with E-state index < -0.39 is 213 Å². The van der Waals surface area contributed by atoms with E-state index in [0.29, 0.717) is 28.0 Å². The number of carboxylic acids is 2. The zero-order chi connectivity index (χ0) is 85.1. The molecule has 25 N–H and O–H groups in total. The Labute approximate surface area is 674 Å². The monoisotopic (exact) mass is 1650 g/mol. The summed E-state index contributed by atoms with van der Waals surface area (Å²) in [6.07, 6.45) is -4.97. The molecule has 5 aromatic rings. The molecule has 5 rings (SSSR count). The third-order valence-corrected chi connectivity index (χ3v) is 19.6. The van der Waals surface area contributed by atoms with Gasteiger partial charge in [0.15, 0.2) is 5.96 Å². The highest BCUT2D eigenvalue weighted by Gasteiger charge is 2.35. The number of aliphatic carboxylic acids is 2. The minimum atomic E-state index is -1.86. The standard InChI is InChI=1S/C76H98N18O20S2/c77-59(96)26-23-52(91-73(111)57(39-46-18-21-50(95)22-19-46)94-74(112)56(38-45-12-5-2-6-13-45)93-72(110)55(37-44-10-3-1-4-11-44)88-65(102)42-85-64(101)40-47-17-20-48-14-7-8-15-49(48)36-47)68(106)83-33-35-116-115-34-32-82-62(99)29-30-63(100)87-53(24-27-60(78)97)70(108)92-54(25-28-61(79)98)71(109)90-51(16-9-31-84-76(80)81)69(107)86-43-66(103)89-58(75(113)114)41-67(104)105/h1-8,10-15,17-22,36,51-58,95H,9,16,23-35,37-43H2,(H2,77,96)(H2,78,97)(H2,79,98)(H,82,99)(H,83,106)(H,85,101)(H,86,107)(H,87,100)(H,88,102)(H,89,103)(H,90,109)(H,91,111)(H,92,108)(H,93,110)(H,94,112)(H,104,105)(H,113,114)(H4,80,81,84)/t51-,52-,53-,54-,55-,56-,57-,58-/m0/s1. The molecule has 0 aromatic heterocycles. The van der Waals surface area contributed by atoms with E-state index in [1.807, 2.05) is 47.8 Å². The highest BCUT2D eigenvalue weighted by molar-refractivity contribution is 8.76. The van der Waals surface area contributed by atoms with Crippen molar-refractivity contribution in [2.45, 2.75) is 145 Å². The van der Waals surface area contributed by atoms with Crippen molar-refractivity contribution in [3.63, 3.8) is 0 Å². The van der Waals surface area contributed by atoms with Crippen molar-refractivity contribution in [2.24, 2.45) is 22.9 Å². The van der Waals surface area contributed by atoms with Gasteiger partial charge in [0.25, 0.3) is 0 Å². The molecule has 0 saturated carbocycles. The maximum Gasteiger partial charge on any atom is 0.326 e. The molecule has 624 valence electrons. The molecule has 0 aliphatic rings. The minimum absolute atomic E-state index is 0.000145. The smallest absolute Gasteiger partial charge is 0.326 e. The molecule has 0 bridgehead atoms. The average molecular weight is 1650 g/mol. The number of nitrogens with one attached hydrogen (secondary N) is 14. The topological polar surface area (TPSA) is 635 Å². The van der Waals surface area contributed by atoms with Crippen LogP contribution in [-0.4, -0.2) is 214 Å². The Morgan fingerprint density at radius 2 is 0.750 bits per heavy atom. The average Bonchev–Trinajstić information content (AvgIpc) is 0.848. The number of amides is 15. The molecule has 38 nitrogen and oxygen atoms in total. The number of carbonyl (C=O) groups excluding carboxylic acids is 15. The number of benzene rings is 5. The van der Waals surface area contributed by atoms with Crippen molar-refractivity contribution in [2.75, 3.05) is 44.2 Å². The van der Waals surface area contributed by atoms with Crippen molar-refractivity contribution >= 4 is 139 Å². The summed E-state index contributed by atoms with van der Waals surface area (Å²) in [5, 5.41) is 70.3. The lowest BCUT2D eigenvalue weighted by molar-refractivity contribution is -0.147. The maximum atomic E-state index is 14.8. The Bertz CT molecular complexity index is 4260. The largest absolute Gasteiger partial charge is 0.508 e. The van der Waals surface area contributed by atoms with Gasteiger partial charge >= 0.3 is 11.9 Å². The van der Waals surface area contributed by atoms with Crippen LogP contribution in [0.25, 0.3) is 10.8 Å². The second-order valence-corrected chi connectivity index (χ2v) is 29.2. The molecule has 15 amide bonds. The van der Waals surface area contributed by atoms with Crippen LogP contribution in [0.5, 0.6) is 5.75 Å². The van der Waals surface area contributed by atoms with Gasteiger partial charge in [0.05, 0.1) is 25.9 Å². The van der Waals surface area contributed by atoms with Crippen LogP contribution >= 0.6 is 21.6 Å². The van der Waals surface area contributed by atoms with Crippen LogP contribution in [0.15, 0.2) is 127 Å². The summed E-state index contributed by atoms with van der Waals surface area (Å²) >= 11 is 0. The van der Waals surface area contributed by atoms with E-state index in [1.165, 1.54) is 45.9 Å². The first kappa shape index (κ1) is 93.7. The number of hydrogen-bond acceptors (Lipinski definition) is 21. The molecule has 0 saturated heterocycles. The highest BCUT2D eigenvalue weighted by atomic mass is 33.1. The quantitative estimate of drug-likeness (QED) is 0.00795. The lowest BCUT2D eigenvalue weighted by Crippen LogP contribution is -2.59. The number of primary amides is 3. The van der Waals surface area contributed by atoms with Crippen molar-refractivity contribution in [1.29, 1.82) is 5.41 Å². The van der Waals surface area contributed by atoms with Crippen LogP contribution in [-0.2, 0) is 107 Å². The Kier molecular flexibility index (Phi) is 40.6. The van der Waals surface area contributed by atoms with Crippen molar-refractivity contribution in [1.82, 2.24) is 69.1 Å². The van der Waals surface area contributed by atoms with Crippen LogP contribution < -0.4 is 92.1 Å². The van der Waals surface area contributed by atoms with E-state index in [1.54, 1.807) is 60.7 Å². The van der Waals surface area contributed by atoms with Gasteiger partial charge in [0.2, 0.25) is 88.6 Å². The lowest BCUT2D eigenvalue weighted by atomic mass is 10.0. The van der Waals surface area contributed by atoms with Gasteiger partial charge in [-0.25, -0.2) is 4.79 Å². The van der Waals surface area contributed by atoms with Crippen LogP contribution in [0, 0.1) is 5.41 Å². The Morgan fingerprint density at radius 1 is 0.353 bits per heavy atom. The Balaban J connectivity index is 1.16. The fraction of sp³-hybridized carbons (Fsp3) is 0.395. The molecule has 8 atom stereocenters.